The predicted molar refractivity (Wildman–Crippen MR) is 79.2 cm³/mol. The van der Waals surface area contributed by atoms with Crippen LogP contribution in [0.15, 0.2) is 24.3 Å². The minimum Gasteiger partial charge on any atom is -0.496 e. The van der Waals surface area contributed by atoms with Crippen LogP contribution in [0.5, 0.6) is 5.75 Å². The van der Waals surface area contributed by atoms with E-state index in [1.807, 2.05) is 31.2 Å². The second kappa shape index (κ2) is 7.07. The zero-order valence-electron chi connectivity index (χ0n) is 12.4. The van der Waals surface area contributed by atoms with Gasteiger partial charge in [-0.15, -0.1) is 0 Å². The Balaban J connectivity index is 1.98. The molecule has 2 unspecified atom stereocenters. The Hall–Kier alpha value is -1.10. The topological polar surface area (TPSA) is 50.7 Å². The van der Waals surface area contributed by atoms with E-state index in [0.717, 1.165) is 43.7 Å². The zero-order valence-corrected chi connectivity index (χ0v) is 12.4. The average Bonchev–Trinajstić information content (AvgIpc) is 2.99. The van der Waals surface area contributed by atoms with Crippen molar-refractivity contribution in [3.05, 3.63) is 29.8 Å². The number of methoxy groups -OCH3 is 1. The van der Waals surface area contributed by atoms with E-state index in [9.17, 15) is 5.11 Å². The number of rotatable bonds is 7. The summed E-state index contributed by atoms with van der Waals surface area (Å²) in [4.78, 5) is 0. The highest BCUT2D eigenvalue weighted by Crippen LogP contribution is 2.23. The van der Waals surface area contributed by atoms with E-state index in [1.165, 1.54) is 0 Å². The molecule has 1 aromatic rings. The maximum atomic E-state index is 9.74. The molecule has 1 heterocycles. The molecule has 0 aromatic heterocycles. The average molecular weight is 279 g/mol. The molecule has 1 aromatic carbocycles. The second-order valence-electron chi connectivity index (χ2n) is 5.72. The summed E-state index contributed by atoms with van der Waals surface area (Å²) >= 11 is 0. The van der Waals surface area contributed by atoms with Crippen LogP contribution in [0.3, 0.4) is 0 Å². The first kappa shape index (κ1) is 15.3. The van der Waals surface area contributed by atoms with Gasteiger partial charge in [0.15, 0.2) is 0 Å². The first-order valence-electron chi connectivity index (χ1n) is 7.26. The molecule has 112 valence electrons. The largest absolute Gasteiger partial charge is 0.496 e. The number of benzene rings is 1. The number of aliphatic hydroxyl groups excluding tert-OH is 1. The monoisotopic (exact) mass is 279 g/mol. The van der Waals surface area contributed by atoms with Gasteiger partial charge in [0, 0.05) is 18.7 Å². The smallest absolute Gasteiger partial charge is 0.122 e. The molecule has 0 spiro atoms. The summed E-state index contributed by atoms with van der Waals surface area (Å²) in [7, 11) is 1.68. The molecule has 1 fully saturated rings. The van der Waals surface area contributed by atoms with Crippen molar-refractivity contribution in [1.82, 2.24) is 5.32 Å². The molecule has 4 heteroatoms. The lowest BCUT2D eigenvalue weighted by molar-refractivity contribution is 0.0912. The van der Waals surface area contributed by atoms with E-state index in [0.29, 0.717) is 0 Å². The molecule has 0 amide bonds. The Labute approximate surface area is 121 Å². The van der Waals surface area contributed by atoms with Gasteiger partial charge in [-0.05, 0) is 37.8 Å². The highest BCUT2D eigenvalue weighted by molar-refractivity contribution is 5.34. The number of hydrogen-bond donors (Lipinski definition) is 2. The molecule has 0 radical (unpaired) electrons. The number of para-hydroxylation sites is 1. The summed E-state index contributed by atoms with van der Waals surface area (Å²) in [6.45, 7) is 3.76. The molecule has 2 atom stereocenters. The van der Waals surface area contributed by atoms with Crippen molar-refractivity contribution in [2.75, 3.05) is 26.9 Å². The van der Waals surface area contributed by atoms with Crippen LogP contribution in [-0.2, 0) is 11.2 Å². The molecule has 20 heavy (non-hydrogen) atoms. The Kier molecular flexibility index (Phi) is 5.40. The second-order valence-corrected chi connectivity index (χ2v) is 5.72. The Morgan fingerprint density at radius 2 is 2.25 bits per heavy atom. The Morgan fingerprint density at radius 3 is 2.90 bits per heavy atom. The van der Waals surface area contributed by atoms with Crippen molar-refractivity contribution >= 4 is 0 Å². The maximum absolute atomic E-state index is 9.74. The summed E-state index contributed by atoms with van der Waals surface area (Å²) in [5.74, 6) is 0.867. The van der Waals surface area contributed by atoms with Crippen molar-refractivity contribution in [1.29, 1.82) is 0 Å². The van der Waals surface area contributed by atoms with Gasteiger partial charge in [0.25, 0.3) is 0 Å². The van der Waals surface area contributed by atoms with Crippen LogP contribution in [0, 0.1) is 0 Å². The summed E-state index contributed by atoms with van der Waals surface area (Å²) in [5.41, 5.74) is 0.743. The van der Waals surface area contributed by atoms with Gasteiger partial charge in [-0.1, -0.05) is 18.2 Å². The molecule has 0 aliphatic carbocycles. The highest BCUT2D eigenvalue weighted by atomic mass is 16.5. The highest BCUT2D eigenvalue weighted by Gasteiger charge is 2.27. The van der Waals surface area contributed by atoms with Crippen LogP contribution in [0.2, 0.25) is 0 Å². The van der Waals surface area contributed by atoms with E-state index >= 15 is 0 Å². The van der Waals surface area contributed by atoms with Crippen molar-refractivity contribution in [3.63, 3.8) is 0 Å². The Morgan fingerprint density at radius 1 is 1.45 bits per heavy atom. The number of ether oxygens (including phenoxy) is 2. The lowest BCUT2D eigenvalue weighted by Crippen LogP contribution is -2.50. The van der Waals surface area contributed by atoms with E-state index in [-0.39, 0.29) is 18.2 Å². The molecule has 2 rings (SSSR count). The van der Waals surface area contributed by atoms with Crippen molar-refractivity contribution in [3.8, 4) is 5.75 Å². The van der Waals surface area contributed by atoms with Gasteiger partial charge in [-0.25, -0.2) is 0 Å². The lowest BCUT2D eigenvalue weighted by Gasteiger charge is -2.31. The van der Waals surface area contributed by atoms with Gasteiger partial charge in [0.1, 0.15) is 5.75 Å². The van der Waals surface area contributed by atoms with Crippen LogP contribution in [0.1, 0.15) is 25.3 Å². The third-order valence-electron chi connectivity index (χ3n) is 3.90. The molecule has 1 aliphatic heterocycles. The maximum Gasteiger partial charge on any atom is 0.122 e. The van der Waals surface area contributed by atoms with Crippen LogP contribution in [0.25, 0.3) is 0 Å². The van der Waals surface area contributed by atoms with Gasteiger partial charge >= 0.3 is 0 Å². The van der Waals surface area contributed by atoms with E-state index in [1.54, 1.807) is 7.11 Å². The third-order valence-corrected chi connectivity index (χ3v) is 3.90. The normalized spacial score (nSPS) is 21.6. The van der Waals surface area contributed by atoms with Crippen LogP contribution < -0.4 is 10.1 Å². The third kappa shape index (κ3) is 3.95. The fraction of sp³-hybridized carbons (Fsp3) is 0.625. The molecule has 1 aliphatic rings. The summed E-state index contributed by atoms with van der Waals surface area (Å²) in [5, 5.41) is 13.2. The fourth-order valence-electron chi connectivity index (χ4n) is 2.61. The van der Waals surface area contributed by atoms with Gasteiger partial charge in [0.2, 0.25) is 0 Å². The molecular formula is C16H25NO3. The van der Waals surface area contributed by atoms with Gasteiger partial charge in [0.05, 0.1) is 19.8 Å². The Bertz CT molecular complexity index is 418. The SMILES string of the molecule is COc1ccccc1CC(C)(CO)NCC1CCCO1. The van der Waals surface area contributed by atoms with Crippen LogP contribution >= 0.6 is 0 Å². The van der Waals surface area contributed by atoms with Crippen molar-refractivity contribution < 1.29 is 14.6 Å². The minimum atomic E-state index is -0.361. The van der Waals surface area contributed by atoms with E-state index in [4.69, 9.17) is 9.47 Å². The van der Waals surface area contributed by atoms with Crippen molar-refractivity contribution in [2.45, 2.75) is 37.8 Å². The van der Waals surface area contributed by atoms with Crippen molar-refractivity contribution in [2.24, 2.45) is 0 Å². The molecule has 2 N–H and O–H groups in total. The molecule has 0 bridgehead atoms. The van der Waals surface area contributed by atoms with Gasteiger partial charge in [-0.2, -0.15) is 0 Å². The lowest BCUT2D eigenvalue weighted by atomic mass is 9.92. The standard InChI is InChI=1S/C16H25NO3/c1-16(12-18,17-11-14-7-5-9-20-14)10-13-6-3-4-8-15(13)19-2/h3-4,6,8,14,17-18H,5,7,9-12H2,1-2H3. The van der Waals surface area contributed by atoms with E-state index in [2.05, 4.69) is 5.32 Å². The van der Waals surface area contributed by atoms with Crippen LogP contribution in [0.4, 0.5) is 0 Å². The van der Waals surface area contributed by atoms with Crippen LogP contribution in [-0.4, -0.2) is 43.6 Å². The molecule has 0 saturated carbocycles. The summed E-state index contributed by atoms with van der Waals surface area (Å²) < 4.78 is 11.0. The number of hydrogen-bond acceptors (Lipinski definition) is 4. The van der Waals surface area contributed by atoms with E-state index < -0.39 is 0 Å². The van der Waals surface area contributed by atoms with Gasteiger partial charge in [-0.3, -0.25) is 0 Å². The zero-order chi connectivity index (χ0) is 14.4. The summed E-state index contributed by atoms with van der Waals surface area (Å²) in [6.07, 6.45) is 3.23. The fourth-order valence-corrected chi connectivity index (χ4v) is 2.61. The number of nitrogens with one attached hydrogen (secondary N) is 1. The molecule has 4 nitrogen and oxygen atoms in total. The first-order chi connectivity index (χ1) is 9.67. The summed E-state index contributed by atoms with van der Waals surface area (Å²) in [6, 6.07) is 7.95. The molecule has 1 saturated heterocycles. The number of aliphatic hydroxyl groups is 1. The van der Waals surface area contributed by atoms with Gasteiger partial charge < -0.3 is 19.9 Å². The first-order valence-corrected chi connectivity index (χ1v) is 7.26. The quantitative estimate of drug-likeness (QED) is 0.798. The molecular weight excluding hydrogens is 254 g/mol. The minimum absolute atomic E-state index is 0.0811. The predicted octanol–water partition coefficient (Wildman–Crippen LogP) is 1.76.